The summed E-state index contributed by atoms with van der Waals surface area (Å²) in [6.45, 7) is 0.231. The predicted octanol–water partition coefficient (Wildman–Crippen LogP) is 5.11. The van der Waals surface area contributed by atoms with Crippen LogP contribution in [-0.2, 0) is 6.61 Å². The molecule has 0 aromatic heterocycles. The summed E-state index contributed by atoms with van der Waals surface area (Å²) in [5.74, 6) is 0.579. The van der Waals surface area contributed by atoms with Gasteiger partial charge in [0.15, 0.2) is 0 Å². The maximum atomic E-state index is 10.7. The van der Waals surface area contributed by atoms with Gasteiger partial charge in [-0.3, -0.25) is 10.1 Å². The highest BCUT2D eigenvalue weighted by atomic mass is 16.6. The van der Waals surface area contributed by atoms with Gasteiger partial charge in [-0.05, 0) is 47.5 Å². The van der Waals surface area contributed by atoms with Gasteiger partial charge < -0.3 is 4.74 Å². The number of nitriles is 2. The number of ether oxygens (including phenoxy) is 1. The van der Waals surface area contributed by atoms with Crippen LogP contribution in [0.3, 0.4) is 0 Å². The molecule has 0 saturated carbocycles. The molecule has 3 aromatic carbocycles. The average Bonchev–Trinajstić information content (AvgIpc) is 2.77. The summed E-state index contributed by atoms with van der Waals surface area (Å²) in [6.07, 6.45) is 1.71. The topological polar surface area (TPSA) is 99.9 Å². The summed E-state index contributed by atoms with van der Waals surface area (Å²) in [6, 6.07) is 24.5. The minimum atomic E-state index is -0.449. The van der Waals surface area contributed by atoms with E-state index in [9.17, 15) is 15.4 Å². The molecule has 6 nitrogen and oxygen atoms in total. The molecule has 0 spiro atoms. The quantitative estimate of drug-likeness (QED) is 0.256. The molecule has 0 amide bonds. The predicted molar refractivity (Wildman–Crippen MR) is 109 cm³/mol. The zero-order valence-electron chi connectivity index (χ0n) is 15.3. The Morgan fingerprint density at radius 3 is 2.48 bits per heavy atom. The number of rotatable bonds is 6. The van der Waals surface area contributed by atoms with Crippen LogP contribution in [0.25, 0.3) is 11.6 Å². The van der Waals surface area contributed by atoms with Gasteiger partial charge in [-0.25, -0.2) is 0 Å². The Kier molecular flexibility index (Phi) is 5.99. The number of para-hydroxylation sites is 1. The van der Waals surface area contributed by atoms with Gasteiger partial charge >= 0.3 is 0 Å². The van der Waals surface area contributed by atoms with Crippen LogP contribution in [0.15, 0.2) is 72.8 Å². The molecule has 0 unspecified atom stereocenters. The van der Waals surface area contributed by atoms with Crippen LogP contribution in [-0.4, -0.2) is 4.92 Å². The Bertz CT molecular complexity index is 1150. The van der Waals surface area contributed by atoms with Gasteiger partial charge in [-0.1, -0.05) is 30.3 Å². The Hall–Kier alpha value is -4.42. The van der Waals surface area contributed by atoms with E-state index >= 15 is 0 Å². The van der Waals surface area contributed by atoms with E-state index in [4.69, 9.17) is 10.00 Å². The minimum absolute atomic E-state index is 0.0235. The highest BCUT2D eigenvalue weighted by Gasteiger charge is 2.08. The van der Waals surface area contributed by atoms with E-state index in [1.807, 2.05) is 18.2 Å². The molecule has 0 aliphatic rings. The van der Waals surface area contributed by atoms with Crippen LogP contribution in [0.2, 0.25) is 0 Å². The number of hydrogen-bond donors (Lipinski definition) is 0. The molecule has 0 saturated heterocycles. The van der Waals surface area contributed by atoms with Crippen molar-refractivity contribution in [2.24, 2.45) is 0 Å². The van der Waals surface area contributed by atoms with E-state index in [0.717, 1.165) is 5.56 Å². The molecule has 0 fully saturated rings. The molecule has 29 heavy (non-hydrogen) atoms. The van der Waals surface area contributed by atoms with Gasteiger partial charge in [-0.2, -0.15) is 10.5 Å². The molecular formula is C23H15N3O3. The van der Waals surface area contributed by atoms with Gasteiger partial charge in [0.1, 0.15) is 12.4 Å². The molecule has 3 aromatic rings. The van der Waals surface area contributed by atoms with Crippen molar-refractivity contribution in [1.29, 1.82) is 10.5 Å². The lowest BCUT2D eigenvalue weighted by atomic mass is 10.0. The number of allylic oxidation sites excluding steroid dienone is 1. The molecular weight excluding hydrogens is 366 g/mol. The second-order valence-corrected chi connectivity index (χ2v) is 6.11. The van der Waals surface area contributed by atoms with Crippen LogP contribution >= 0.6 is 0 Å². The molecule has 0 bridgehead atoms. The van der Waals surface area contributed by atoms with Crippen molar-refractivity contribution < 1.29 is 9.66 Å². The van der Waals surface area contributed by atoms with E-state index in [2.05, 4.69) is 12.1 Å². The van der Waals surface area contributed by atoms with E-state index in [0.29, 0.717) is 28.0 Å². The number of nitrogens with zero attached hydrogens (tertiary/aromatic N) is 3. The van der Waals surface area contributed by atoms with E-state index in [-0.39, 0.29) is 12.3 Å². The van der Waals surface area contributed by atoms with E-state index < -0.39 is 4.92 Å². The minimum Gasteiger partial charge on any atom is -0.488 e. The molecule has 6 heteroatoms. The molecule has 0 aliphatic carbocycles. The normalized spacial score (nSPS) is 10.6. The Morgan fingerprint density at radius 1 is 1.03 bits per heavy atom. The van der Waals surface area contributed by atoms with Gasteiger partial charge in [0.25, 0.3) is 5.69 Å². The lowest BCUT2D eigenvalue weighted by Gasteiger charge is -2.10. The monoisotopic (exact) mass is 381 g/mol. The largest absolute Gasteiger partial charge is 0.488 e. The molecule has 3 rings (SSSR count). The van der Waals surface area contributed by atoms with Crippen molar-refractivity contribution in [3.8, 4) is 17.9 Å². The third-order valence-corrected chi connectivity index (χ3v) is 4.18. The molecule has 0 aliphatic heterocycles. The van der Waals surface area contributed by atoms with Crippen molar-refractivity contribution in [2.75, 3.05) is 0 Å². The number of nitro groups is 1. The lowest BCUT2D eigenvalue weighted by Crippen LogP contribution is -1.97. The van der Waals surface area contributed by atoms with Crippen LogP contribution < -0.4 is 4.74 Å². The van der Waals surface area contributed by atoms with E-state index in [1.54, 1.807) is 48.5 Å². The summed E-state index contributed by atoms with van der Waals surface area (Å²) in [7, 11) is 0. The second-order valence-electron chi connectivity index (χ2n) is 6.11. The Balaban J connectivity index is 1.84. The van der Waals surface area contributed by atoms with Crippen molar-refractivity contribution in [1.82, 2.24) is 0 Å². The first kappa shape index (κ1) is 19.3. The fourth-order valence-electron chi connectivity index (χ4n) is 2.70. The lowest BCUT2D eigenvalue weighted by molar-refractivity contribution is -0.384. The summed E-state index contributed by atoms with van der Waals surface area (Å²) < 4.78 is 5.87. The SMILES string of the molecule is N#CC(=Cc1ccccc1OCc1ccc([N+](=O)[O-])cc1)c1cccc(C#N)c1. The Labute approximate surface area is 167 Å². The maximum Gasteiger partial charge on any atom is 0.269 e. The Morgan fingerprint density at radius 2 is 1.79 bits per heavy atom. The fraction of sp³-hybridized carbons (Fsp3) is 0.0435. The molecule has 0 N–H and O–H groups in total. The van der Waals surface area contributed by atoms with Crippen molar-refractivity contribution >= 4 is 17.3 Å². The average molecular weight is 381 g/mol. The summed E-state index contributed by atoms with van der Waals surface area (Å²) in [5.41, 5.74) is 3.07. The summed E-state index contributed by atoms with van der Waals surface area (Å²) in [4.78, 5) is 10.3. The van der Waals surface area contributed by atoms with Crippen LogP contribution in [0.1, 0.15) is 22.3 Å². The van der Waals surface area contributed by atoms with Crippen LogP contribution in [0.5, 0.6) is 5.75 Å². The van der Waals surface area contributed by atoms with Crippen LogP contribution in [0, 0.1) is 32.8 Å². The summed E-state index contributed by atoms with van der Waals surface area (Å²) >= 11 is 0. The van der Waals surface area contributed by atoms with Crippen LogP contribution in [0.4, 0.5) is 5.69 Å². The second kappa shape index (κ2) is 8.98. The van der Waals surface area contributed by atoms with E-state index in [1.165, 1.54) is 12.1 Å². The van der Waals surface area contributed by atoms with Gasteiger partial charge in [0.05, 0.1) is 28.2 Å². The van der Waals surface area contributed by atoms with Crippen molar-refractivity contribution in [2.45, 2.75) is 6.61 Å². The highest BCUT2D eigenvalue weighted by Crippen LogP contribution is 2.26. The number of non-ortho nitro benzene ring substituents is 1. The number of nitro benzene ring substituents is 1. The fourth-order valence-corrected chi connectivity index (χ4v) is 2.70. The first-order valence-electron chi connectivity index (χ1n) is 8.68. The number of hydrogen-bond acceptors (Lipinski definition) is 5. The standard InChI is InChI=1S/C23H15N3O3/c24-14-18-4-3-6-19(12-18)21(15-25)13-20-5-1-2-7-23(20)29-16-17-8-10-22(11-9-17)26(27)28/h1-13H,16H2. The molecule has 0 atom stereocenters. The van der Waals surface area contributed by atoms with Crippen molar-refractivity contribution in [3.63, 3.8) is 0 Å². The van der Waals surface area contributed by atoms with Gasteiger partial charge in [-0.15, -0.1) is 0 Å². The first-order valence-corrected chi connectivity index (χ1v) is 8.68. The molecule has 0 radical (unpaired) electrons. The number of benzene rings is 3. The first-order chi connectivity index (χ1) is 14.1. The maximum absolute atomic E-state index is 10.7. The third kappa shape index (κ3) is 4.85. The zero-order chi connectivity index (χ0) is 20.6. The van der Waals surface area contributed by atoms with Gasteiger partial charge in [0, 0.05) is 17.7 Å². The third-order valence-electron chi connectivity index (χ3n) is 4.18. The smallest absolute Gasteiger partial charge is 0.269 e. The van der Waals surface area contributed by atoms with Gasteiger partial charge in [0.2, 0.25) is 0 Å². The highest BCUT2D eigenvalue weighted by molar-refractivity contribution is 5.90. The zero-order valence-corrected chi connectivity index (χ0v) is 15.3. The molecule has 0 heterocycles. The summed E-state index contributed by atoms with van der Waals surface area (Å²) in [5, 5.41) is 29.4. The van der Waals surface area contributed by atoms with Crippen molar-refractivity contribution in [3.05, 3.63) is 105 Å². The molecule has 140 valence electrons.